The maximum atomic E-state index is 12.0. The van der Waals surface area contributed by atoms with Crippen molar-refractivity contribution >= 4 is 6.03 Å². The third-order valence-corrected chi connectivity index (χ3v) is 3.34. The van der Waals surface area contributed by atoms with Gasteiger partial charge in [0.05, 0.1) is 7.11 Å². The van der Waals surface area contributed by atoms with Crippen LogP contribution >= 0.6 is 0 Å². The molecule has 0 unspecified atom stereocenters. The van der Waals surface area contributed by atoms with Gasteiger partial charge in [-0.15, -0.1) is 0 Å². The van der Waals surface area contributed by atoms with Gasteiger partial charge < -0.3 is 15.0 Å². The molecule has 1 aromatic carbocycles. The first-order valence-electron chi connectivity index (χ1n) is 7.20. The van der Waals surface area contributed by atoms with E-state index in [4.69, 9.17) is 4.74 Å². The molecule has 5 heteroatoms. The zero-order valence-corrected chi connectivity index (χ0v) is 13.0. The van der Waals surface area contributed by atoms with Crippen LogP contribution in [-0.2, 0) is 13.0 Å². The normalized spacial score (nSPS) is 10.1. The van der Waals surface area contributed by atoms with Crippen molar-refractivity contribution in [1.82, 2.24) is 15.2 Å². The highest BCUT2D eigenvalue weighted by Gasteiger charge is 2.08. The van der Waals surface area contributed by atoms with Crippen LogP contribution in [0, 0.1) is 0 Å². The molecular formula is C17H21N3O2. The number of nitrogens with one attached hydrogen (secondary N) is 1. The molecular weight excluding hydrogens is 278 g/mol. The van der Waals surface area contributed by atoms with Crippen molar-refractivity contribution in [1.29, 1.82) is 0 Å². The van der Waals surface area contributed by atoms with Gasteiger partial charge in [-0.3, -0.25) is 4.98 Å². The summed E-state index contributed by atoms with van der Waals surface area (Å²) in [4.78, 5) is 17.7. The Kier molecular flexibility index (Phi) is 5.77. The fraction of sp³-hybridized carbons (Fsp3) is 0.294. The molecule has 0 fully saturated rings. The number of rotatable bonds is 6. The van der Waals surface area contributed by atoms with Gasteiger partial charge in [-0.1, -0.05) is 18.2 Å². The van der Waals surface area contributed by atoms with Crippen LogP contribution in [0.15, 0.2) is 48.8 Å². The number of carbonyl (C=O) groups excluding carboxylic acids is 1. The molecule has 0 bridgehead atoms. The lowest BCUT2D eigenvalue weighted by Gasteiger charge is -2.18. The summed E-state index contributed by atoms with van der Waals surface area (Å²) in [7, 11) is 3.42. The molecule has 0 spiro atoms. The maximum Gasteiger partial charge on any atom is 0.317 e. The van der Waals surface area contributed by atoms with Crippen molar-refractivity contribution < 1.29 is 9.53 Å². The molecule has 116 valence electrons. The van der Waals surface area contributed by atoms with Gasteiger partial charge in [0.1, 0.15) is 5.75 Å². The zero-order chi connectivity index (χ0) is 15.8. The van der Waals surface area contributed by atoms with E-state index in [1.165, 1.54) is 0 Å². The van der Waals surface area contributed by atoms with E-state index in [9.17, 15) is 4.79 Å². The number of methoxy groups -OCH3 is 1. The molecule has 0 atom stereocenters. The van der Waals surface area contributed by atoms with Crippen LogP contribution in [-0.4, -0.2) is 36.6 Å². The number of hydrogen-bond donors (Lipinski definition) is 1. The summed E-state index contributed by atoms with van der Waals surface area (Å²) < 4.78 is 5.12. The van der Waals surface area contributed by atoms with E-state index in [1.54, 1.807) is 25.3 Å². The molecule has 1 heterocycles. The molecule has 2 rings (SSSR count). The van der Waals surface area contributed by atoms with Gasteiger partial charge >= 0.3 is 6.03 Å². The fourth-order valence-electron chi connectivity index (χ4n) is 2.07. The molecule has 22 heavy (non-hydrogen) atoms. The molecule has 1 aromatic heterocycles. The second-order valence-corrected chi connectivity index (χ2v) is 5.05. The Labute approximate surface area is 130 Å². The highest BCUT2D eigenvalue weighted by Crippen LogP contribution is 2.12. The second kappa shape index (κ2) is 8.02. The number of pyridine rings is 1. The first kappa shape index (κ1) is 15.8. The van der Waals surface area contributed by atoms with Crippen LogP contribution in [0.2, 0.25) is 0 Å². The Morgan fingerprint density at radius 2 is 2.00 bits per heavy atom. The van der Waals surface area contributed by atoms with Crippen molar-refractivity contribution in [2.45, 2.75) is 13.0 Å². The largest absolute Gasteiger partial charge is 0.497 e. The van der Waals surface area contributed by atoms with E-state index < -0.39 is 0 Å². The highest BCUT2D eigenvalue weighted by molar-refractivity contribution is 5.73. The topological polar surface area (TPSA) is 54.5 Å². The number of ether oxygens (including phenoxy) is 1. The van der Waals surface area contributed by atoms with Crippen LogP contribution in [0.4, 0.5) is 4.79 Å². The van der Waals surface area contributed by atoms with Crippen molar-refractivity contribution in [2.24, 2.45) is 0 Å². The monoisotopic (exact) mass is 299 g/mol. The van der Waals surface area contributed by atoms with Gasteiger partial charge in [0.25, 0.3) is 0 Å². The summed E-state index contributed by atoms with van der Waals surface area (Å²) in [6.07, 6.45) is 4.33. The van der Waals surface area contributed by atoms with Gasteiger partial charge in [0, 0.05) is 32.5 Å². The maximum absolute atomic E-state index is 12.0. The average molecular weight is 299 g/mol. The molecule has 2 aromatic rings. The number of hydrogen-bond acceptors (Lipinski definition) is 3. The molecule has 0 radical (unpaired) electrons. The number of aromatic nitrogens is 1. The van der Waals surface area contributed by atoms with Gasteiger partial charge in [-0.2, -0.15) is 0 Å². The van der Waals surface area contributed by atoms with Gasteiger partial charge in [0.15, 0.2) is 0 Å². The van der Waals surface area contributed by atoms with Crippen LogP contribution in [0.5, 0.6) is 5.75 Å². The standard InChI is InChI=1S/C17H21N3O2/c1-20(13-15-5-7-16(22-2)8-6-15)17(21)19-11-9-14-4-3-10-18-12-14/h3-8,10,12H,9,11,13H2,1-2H3,(H,19,21). The van der Waals surface area contributed by atoms with Gasteiger partial charge in [0.2, 0.25) is 0 Å². The molecule has 2 amide bonds. The van der Waals surface area contributed by atoms with E-state index in [-0.39, 0.29) is 6.03 Å². The first-order chi connectivity index (χ1) is 10.7. The Morgan fingerprint density at radius 3 is 2.64 bits per heavy atom. The predicted octanol–water partition coefficient (Wildman–Crippen LogP) is 2.47. The lowest BCUT2D eigenvalue weighted by atomic mass is 10.2. The van der Waals surface area contributed by atoms with Crippen molar-refractivity contribution in [3.05, 3.63) is 59.9 Å². The average Bonchev–Trinajstić information content (AvgIpc) is 2.56. The zero-order valence-electron chi connectivity index (χ0n) is 13.0. The number of carbonyl (C=O) groups is 1. The van der Waals surface area contributed by atoms with Gasteiger partial charge in [-0.25, -0.2) is 4.79 Å². The molecule has 1 N–H and O–H groups in total. The first-order valence-corrected chi connectivity index (χ1v) is 7.20. The van der Waals surface area contributed by atoms with E-state index >= 15 is 0 Å². The number of nitrogens with zero attached hydrogens (tertiary/aromatic N) is 2. The van der Waals surface area contributed by atoms with E-state index in [0.29, 0.717) is 13.1 Å². The Balaban J connectivity index is 1.76. The van der Waals surface area contributed by atoms with E-state index in [1.807, 2.05) is 42.6 Å². The Bertz CT molecular complexity index is 585. The summed E-state index contributed by atoms with van der Waals surface area (Å²) in [6.45, 7) is 1.15. The van der Waals surface area contributed by atoms with Crippen LogP contribution in [0.25, 0.3) is 0 Å². The van der Waals surface area contributed by atoms with Crippen LogP contribution in [0.1, 0.15) is 11.1 Å². The highest BCUT2D eigenvalue weighted by atomic mass is 16.5. The van der Waals surface area contributed by atoms with Crippen molar-refractivity contribution in [2.75, 3.05) is 20.7 Å². The van der Waals surface area contributed by atoms with Crippen molar-refractivity contribution in [3.8, 4) is 5.75 Å². The number of benzene rings is 1. The number of urea groups is 1. The van der Waals surface area contributed by atoms with Crippen LogP contribution < -0.4 is 10.1 Å². The third kappa shape index (κ3) is 4.77. The molecule has 0 saturated heterocycles. The minimum Gasteiger partial charge on any atom is -0.497 e. The lowest BCUT2D eigenvalue weighted by molar-refractivity contribution is 0.207. The fourth-order valence-corrected chi connectivity index (χ4v) is 2.07. The Hall–Kier alpha value is -2.56. The summed E-state index contributed by atoms with van der Waals surface area (Å²) in [6, 6.07) is 11.5. The molecule has 0 aliphatic heterocycles. The minimum absolute atomic E-state index is 0.0836. The summed E-state index contributed by atoms with van der Waals surface area (Å²) in [5.41, 5.74) is 2.17. The molecule has 0 saturated carbocycles. The minimum atomic E-state index is -0.0836. The number of amides is 2. The van der Waals surface area contributed by atoms with E-state index in [2.05, 4.69) is 10.3 Å². The predicted molar refractivity (Wildman–Crippen MR) is 85.8 cm³/mol. The van der Waals surface area contributed by atoms with Crippen molar-refractivity contribution in [3.63, 3.8) is 0 Å². The molecule has 5 nitrogen and oxygen atoms in total. The summed E-state index contributed by atoms with van der Waals surface area (Å²) in [5, 5.41) is 2.91. The van der Waals surface area contributed by atoms with E-state index in [0.717, 1.165) is 23.3 Å². The third-order valence-electron chi connectivity index (χ3n) is 3.34. The van der Waals surface area contributed by atoms with Crippen LogP contribution in [0.3, 0.4) is 0 Å². The quantitative estimate of drug-likeness (QED) is 0.891. The lowest BCUT2D eigenvalue weighted by Crippen LogP contribution is -2.37. The molecule has 0 aliphatic rings. The Morgan fingerprint density at radius 1 is 1.23 bits per heavy atom. The summed E-state index contributed by atoms with van der Waals surface area (Å²) in [5.74, 6) is 0.812. The second-order valence-electron chi connectivity index (χ2n) is 5.05. The molecule has 0 aliphatic carbocycles. The SMILES string of the molecule is COc1ccc(CN(C)C(=O)NCCc2cccnc2)cc1. The summed E-state index contributed by atoms with van der Waals surface area (Å²) >= 11 is 0. The van der Waals surface area contributed by atoms with Gasteiger partial charge in [-0.05, 0) is 35.7 Å². The smallest absolute Gasteiger partial charge is 0.317 e.